The number of piperidine rings is 1. The molecule has 0 N–H and O–H groups in total. The van der Waals surface area contributed by atoms with Crippen LogP contribution in [-0.4, -0.2) is 28.9 Å². The number of rotatable bonds is 2. The van der Waals surface area contributed by atoms with E-state index in [1.807, 2.05) is 11.8 Å². The largest absolute Gasteiger partial charge is 0.316 e. The van der Waals surface area contributed by atoms with Gasteiger partial charge in [0.05, 0.1) is 0 Å². The van der Waals surface area contributed by atoms with Gasteiger partial charge in [-0.25, -0.2) is 0 Å². The van der Waals surface area contributed by atoms with E-state index < -0.39 is 0 Å². The smallest absolute Gasteiger partial charge is 0.226 e. The first kappa shape index (κ1) is 17.9. The third-order valence-corrected chi connectivity index (χ3v) is 8.37. The minimum absolute atomic E-state index is 0.00781. The van der Waals surface area contributed by atoms with Crippen molar-refractivity contribution in [1.29, 1.82) is 0 Å². The fourth-order valence-corrected chi connectivity index (χ4v) is 7.30. The van der Waals surface area contributed by atoms with Crippen molar-refractivity contribution in [1.82, 2.24) is 4.90 Å². The number of likely N-dealkylation sites (tertiary alicyclic amines) is 1. The molecule has 142 valence electrons. The van der Waals surface area contributed by atoms with E-state index in [1.165, 1.54) is 0 Å². The molecule has 4 nitrogen and oxygen atoms in total. The summed E-state index contributed by atoms with van der Waals surface area (Å²) in [7, 11) is 0. The van der Waals surface area contributed by atoms with Crippen molar-refractivity contribution in [3.63, 3.8) is 0 Å². The van der Waals surface area contributed by atoms with Gasteiger partial charge in [-0.1, -0.05) is 19.9 Å². The third kappa shape index (κ3) is 2.16. The highest BCUT2D eigenvalue weighted by Gasteiger charge is 2.63. The molecule has 26 heavy (non-hydrogen) atoms. The third-order valence-electron chi connectivity index (χ3n) is 8.37. The highest BCUT2D eigenvalue weighted by molar-refractivity contribution is 5.88. The molecule has 1 saturated heterocycles. The first-order chi connectivity index (χ1) is 12.2. The molecular formula is C22H31NO3. The molecule has 0 spiro atoms. The van der Waals surface area contributed by atoms with Gasteiger partial charge in [0.2, 0.25) is 5.91 Å². The van der Waals surface area contributed by atoms with Gasteiger partial charge in [-0.3, -0.25) is 14.4 Å². The van der Waals surface area contributed by atoms with Crippen molar-refractivity contribution in [2.45, 2.75) is 66.2 Å². The molecule has 1 amide bonds. The number of hydrogen-bond donors (Lipinski definition) is 0. The Morgan fingerprint density at radius 2 is 2.00 bits per heavy atom. The fraction of sp³-hybridized carbons (Fsp3) is 0.773. The van der Waals surface area contributed by atoms with Crippen LogP contribution >= 0.6 is 0 Å². The van der Waals surface area contributed by atoms with E-state index in [0.717, 1.165) is 31.4 Å². The van der Waals surface area contributed by atoms with E-state index >= 15 is 0 Å². The van der Waals surface area contributed by atoms with Gasteiger partial charge in [-0.2, -0.15) is 0 Å². The molecular weight excluding hydrogens is 326 g/mol. The lowest BCUT2D eigenvalue weighted by Crippen LogP contribution is -2.57. The molecule has 1 aliphatic heterocycles. The summed E-state index contributed by atoms with van der Waals surface area (Å²) in [6, 6.07) is 0. The Morgan fingerprint density at radius 3 is 2.65 bits per heavy atom. The van der Waals surface area contributed by atoms with Gasteiger partial charge in [0.1, 0.15) is 11.6 Å². The second-order valence-corrected chi connectivity index (χ2v) is 9.52. The number of hydrogen-bond acceptors (Lipinski definition) is 3. The predicted octanol–water partition coefficient (Wildman–Crippen LogP) is 3.75. The number of amides is 1. The maximum Gasteiger partial charge on any atom is 0.226 e. The summed E-state index contributed by atoms with van der Waals surface area (Å²) in [5, 5.41) is 0. The van der Waals surface area contributed by atoms with Crippen LogP contribution < -0.4 is 0 Å². The van der Waals surface area contributed by atoms with Crippen LogP contribution in [0, 0.1) is 34.5 Å². The maximum atomic E-state index is 13.4. The molecule has 4 aliphatic rings. The Hall–Kier alpha value is -1.45. The van der Waals surface area contributed by atoms with Crippen LogP contribution in [0.15, 0.2) is 11.8 Å². The lowest BCUT2D eigenvalue weighted by atomic mass is 9.48. The zero-order valence-corrected chi connectivity index (χ0v) is 16.5. The van der Waals surface area contributed by atoms with E-state index in [0.29, 0.717) is 37.0 Å². The molecule has 0 bridgehead atoms. The number of carbonyl (C=O) groups excluding carboxylic acids is 3. The van der Waals surface area contributed by atoms with Crippen molar-refractivity contribution >= 4 is 17.5 Å². The van der Waals surface area contributed by atoms with E-state index in [1.54, 1.807) is 6.92 Å². The topological polar surface area (TPSA) is 54.5 Å². The molecule has 3 aliphatic carbocycles. The van der Waals surface area contributed by atoms with Gasteiger partial charge in [0.15, 0.2) is 0 Å². The molecule has 2 saturated carbocycles. The fourth-order valence-electron chi connectivity index (χ4n) is 7.30. The van der Waals surface area contributed by atoms with Crippen molar-refractivity contribution in [3.8, 4) is 0 Å². The maximum absolute atomic E-state index is 13.4. The Labute approximate surface area is 156 Å². The zero-order chi connectivity index (χ0) is 18.9. The molecule has 0 aromatic carbocycles. The number of ketones is 2. The van der Waals surface area contributed by atoms with Gasteiger partial charge in [0, 0.05) is 42.3 Å². The number of fused-ring (bicyclic) bond motifs is 5. The van der Waals surface area contributed by atoms with Crippen molar-refractivity contribution in [3.05, 3.63) is 11.8 Å². The van der Waals surface area contributed by atoms with Crippen LogP contribution in [0.25, 0.3) is 0 Å². The second-order valence-electron chi connectivity index (χ2n) is 9.52. The van der Waals surface area contributed by atoms with Gasteiger partial charge < -0.3 is 4.90 Å². The van der Waals surface area contributed by atoms with Crippen molar-refractivity contribution < 1.29 is 14.4 Å². The first-order valence-corrected chi connectivity index (χ1v) is 10.3. The Kier molecular flexibility index (Phi) is 3.98. The van der Waals surface area contributed by atoms with E-state index in [2.05, 4.69) is 19.9 Å². The minimum Gasteiger partial charge on any atom is -0.316 e. The second kappa shape index (κ2) is 5.77. The Bertz CT molecular complexity index is 710. The number of carbonyl (C=O) groups is 3. The number of nitrogens with zero attached hydrogens (tertiary/aromatic N) is 1. The standard InChI is InChI=1S/C22H31NO3/c1-5-23-18-9-6-14-16-8-7-15(13(2)24)22(16,4)12-17(25)20(14)21(18,3)11-10-19(23)26/h9,14-16,20H,5-8,10-12H2,1-4H3. The van der Waals surface area contributed by atoms with Crippen LogP contribution in [0.2, 0.25) is 0 Å². The van der Waals surface area contributed by atoms with Crippen LogP contribution in [0.5, 0.6) is 0 Å². The summed E-state index contributed by atoms with van der Waals surface area (Å²) in [6.45, 7) is 8.79. The summed E-state index contributed by atoms with van der Waals surface area (Å²) in [6.07, 6.45) is 6.96. The average molecular weight is 357 g/mol. The first-order valence-electron chi connectivity index (χ1n) is 10.3. The summed E-state index contributed by atoms with van der Waals surface area (Å²) in [4.78, 5) is 39.9. The lowest BCUT2D eigenvalue weighted by Gasteiger charge is -2.57. The Balaban J connectivity index is 1.76. The number of allylic oxidation sites excluding steroid dienone is 2. The minimum atomic E-state index is -0.223. The molecule has 6 unspecified atom stereocenters. The normalized spacial score (nSPS) is 44.9. The lowest BCUT2D eigenvalue weighted by molar-refractivity contribution is -0.151. The molecule has 0 radical (unpaired) electrons. The molecule has 1 heterocycles. The molecule has 0 aromatic rings. The average Bonchev–Trinajstić information content (AvgIpc) is 2.91. The highest BCUT2D eigenvalue weighted by atomic mass is 16.2. The number of Topliss-reactive ketones (excluding diaryl/α,β-unsaturated/α-hetero) is 2. The van der Waals surface area contributed by atoms with Crippen LogP contribution in [0.1, 0.15) is 66.2 Å². The Morgan fingerprint density at radius 1 is 1.27 bits per heavy atom. The van der Waals surface area contributed by atoms with Crippen LogP contribution in [0.3, 0.4) is 0 Å². The van der Waals surface area contributed by atoms with E-state index in [-0.39, 0.29) is 34.4 Å². The van der Waals surface area contributed by atoms with Gasteiger partial charge in [-0.15, -0.1) is 0 Å². The van der Waals surface area contributed by atoms with Crippen molar-refractivity contribution in [2.75, 3.05) is 6.54 Å². The molecule has 0 aromatic heterocycles. The van der Waals surface area contributed by atoms with E-state index in [4.69, 9.17) is 0 Å². The molecule has 4 heteroatoms. The molecule has 6 atom stereocenters. The molecule has 3 fully saturated rings. The summed E-state index contributed by atoms with van der Waals surface area (Å²) in [5.74, 6) is 1.59. The van der Waals surface area contributed by atoms with Crippen molar-refractivity contribution in [2.24, 2.45) is 34.5 Å². The van der Waals surface area contributed by atoms with E-state index in [9.17, 15) is 14.4 Å². The zero-order valence-electron chi connectivity index (χ0n) is 16.5. The van der Waals surface area contributed by atoms with Gasteiger partial charge >= 0.3 is 0 Å². The van der Waals surface area contributed by atoms with Gasteiger partial charge in [0.25, 0.3) is 0 Å². The van der Waals surface area contributed by atoms with Crippen LogP contribution in [-0.2, 0) is 14.4 Å². The predicted molar refractivity (Wildman–Crippen MR) is 99.0 cm³/mol. The monoisotopic (exact) mass is 357 g/mol. The quantitative estimate of drug-likeness (QED) is 0.756. The summed E-state index contributed by atoms with van der Waals surface area (Å²) < 4.78 is 0. The summed E-state index contributed by atoms with van der Waals surface area (Å²) in [5.41, 5.74) is 0.705. The SMILES string of the molecule is CCN1C(=O)CCC2(C)C1=CCC1C2C(=O)CC2(C)C(C(C)=O)CCC12. The van der Waals surface area contributed by atoms with Crippen LogP contribution in [0.4, 0.5) is 0 Å². The summed E-state index contributed by atoms with van der Waals surface area (Å²) >= 11 is 0. The molecule has 4 rings (SSSR count). The highest BCUT2D eigenvalue weighted by Crippen LogP contribution is 2.64. The van der Waals surface area contributed by atoms with Gasteiger partial charge in [-0.05, 0) is 56.8 Å².